The zero-order valence-electron chi connectivity index (χ0n) is 33.5. The van der Waals surface area contributed by atoms with Crippen molar-refractivity contribution in [2.45, 2.75) is 99.5 Å². The predicted molar refractivity (Wildman–Crippen MR) is 200 cm³/mol. The zero-order valence-corrected chi connectivity index (χ0v) is 33.5. The van der Waals surface area contributed by atoms with Crippen LogP contribution < -0.4 is 0 Å². The summed E-state index contributed by atoms with van der Waals surface area (Å²) in [7, 11) is 0. The maximum Gasteiger partial charge on any atom is 0.320 e. The highest BCUT2D eigenvalue weighted by Gasteiger charge is 2.27. The summed E-state index contributed by atoms with van der Waals surface area (Å²) in [5, 5.41) is 0. The third kappa shape index (κ3) is 20.5. The highest BCUT2D eigenvalue weighted by atomic mass is 16.6. The van der Waals surface area contributed by atoms with Gasteiger partial charge in [-0.05, 0) is 73.8 Å². The second kappa shape index (κ2) is 20.3. The molecule has 290 valence electrons. The summed E-state index contributed by atoms with van der Waals surface area (Å²) in [5.41, 5.74) is -0.799. The topological polar surface area (TPSA) is 112 Å². The minimum atomic E-state index is -0.624. The molecule has 2 rings (SSSR count). The standard InChI is InChI=1S/C39H67N5O7/c1-31(2)25-44(26-32-15-13-12-14-16-32)33(45)27-40-17-19-41(28-34(46)49-37(3,4)5)21-23-43(30-36(48)51-39(9,10)11)24-22-42(20-18-40)29-35(47)50-38(6,7)8/h12-16,31H,17-30H2,1-11H3. The molecule has 1 amide bonds. The van der Waals surface area contributed by atoms with Crippen LogP contribution in [0.4, 0.5) is 0 Å². The molecule has 1 aromatic carbocycles. The molecule has 0 aromatic heterocycles. The molecule has 51 heavy (non-hydrogen) atoms. The number of ether oxygens (including phenoxy) is 3. The van der Waals surface area contributed by atoms with Crippen molar-refractivity contribution in [1.82, 2.24) is 24.5 Å². The van der Waals surface area contributed by atoms with Gasteiger partial charge in [-0.2, -0.15) is 0 Å². The van der Waals surface area contributed by atoms with E-state index in [-0.39, 0.29) is 50.0 Å². The van der Waals surface area contributed by atoms with Crippen LogP contribution in [0.1, 0.15) is 81.7 Å². The maximum absolute atomic E-state index is 14.0. The molecular weight excluding hydrogens is 650 g/mol. The van der Waals surface area contributed by atoms with E-state index >= 15 is 0 Å². The van der Waals surface area contributed by atoms with Gasteiger partial charge in [0.25, 0.3) is 0 Å². The molecule has 0 aliphatic carbocycles. The SMILES string of the molecule is CC(C)CN(Cc1ccccc1)C(=O)CN1CCN(CC(=O)OC(C)(C)C)CCN(CC(=O)OC(C)(C)C)CCN(CC(=O)OC(C)(C)C)CC1. The van der Waals surface area contributed by atoms with Crippen LogP contribution >= 0.6 is 0 Å². The number of amides is 1. The lowest BCUT2D eigenvalue weighted by Gasteiger charge is -2.35. The summed E-state index contributed by atoms with van der Waals surface area (Å²) >= 11 is 0. The van der Waals surface area contributed by atoms with Gasteiger partial charge < -0.3 is 19.1 Å². The Morgan fingerprint density at radius 1 is 0.569 bits per heavy atom. The van der Waals surface area contributed by atoms with E-state index in [0.717, 1.165) is 5.56 Å². The average molecular weight is 718 g/mol. The molecule has 0 saturated carbocycles. The molecule has 1 heterocycles. The molecule has 0 spiro atoms. The van der Waals surface area contributed by atoms with Gasteiger partial charge in [-0.15, -0.1) is 0 Å². The number of benzene rings is 1. The lowest BCUT2D eigenvalue weighted by molar-refractivity contribution is -0.158. The third-order valence-corrected chi connectivity index (χ3v) is 7.76. The molecule has 1 saturated heterocycles. The monoisotopic (exact) mass is 718 g/mol. The molecule has 0 N–H and O–H groups in total. The van der Waals surface area contributed by atoms with E-state index in [0.29, 0.717) is 71.4 Å². The van der Waals surface area contributed by atoms with Crippen molar-refractivity contribution in [1.29, 1.82) is 0 Å². The number of carbonyl (C=O) groups excluding carboxylic acids is 4. The summed E-state index contributed by atoms with van der Waals surface area (Å²) in [6.45, 7) is 26.4. The van der Waals surface area contributed by atoms with Gasteiger partial charge in [0.15, 0.2) is 0 Å². The maximum atomic E-state index is 14.0. The second-order valence-electron chi connectivity index (χ2n) is 17.0. The Balaban J connectivity index is 2.36. The minimum Gasteiger partial charge on any atom is -0.459 e. The second-order valence-corrected chi connectivity index (χ2v) is 17.0. The van der Waals surface area contributed by atoms with E-state index in [1.165, 1.54) is 0 Å². The van der Waals surface area contributed by atoms with Crippen LogP contribution in [-0.4, -0.2) is 150 Å². The Kier molecular flexibility index (Phi) is 17.5. The lowest BCUT2D eigenvalue weighted by Crippen LogP contribution is -2.51. The molecule has 0 radical (unpaired) electrons. The number of hydrogen-bond acceptors (Lipinski definition) is 11. The molecule has 1 fully saturated rings. The van der Waals surface area contributed by atoms with Gasteiger partial charge in [0, 0.05) is 65.4 Å². The van der Waals surface area contributed by atoms with Gasteiger partial charge in [0.05, 0.1) is 26.2 Å². The number of nitrogens with zero attached hydrogens (tertiary/aromatic N) is 5. The summed E-state index contributed by atoms with van der Waals surface area (Å²) in [6, 6.07) is 10.0. The van der Waals surface area contributed by atoms with Crippen LogP contribution in [0.5, 0.6) is 0 Å². The van der Waals surface area contributed by atoms with Gasteiger partial charge in [-0.1, -0.05) is 44.2 Å². The van der Waals surface area contributed by atoms with E-state index in [1.54, 1.807) is 0 Å². The molecular formula is C39H67N5O7. The van der Waals surface area contributed by atoms with Gasteiger partial charge in [0.1, 0.15) is 16.8 Å². The third-order valence-electron chi connectivity index (χ3n) is 7.76. The molecule has 12 nitrogen and oxygen atoms in total. The quantitative estimate of drug-likeness (QED) is 0.232. The molecule has 1 aromatic rings. The first-order valence-corrected chi connectivity index (χ1v) is 18.4. The highest BCUT2D eigenvalue weighted by molar-refractivity contribution is 5.78. The van der Waals surface area contributed by atoms with Crippen molar-refractivity contribution >= 4 is 23.8 Å². The van der Waals surface area contributed by atoms with Crippen molar-refractivity contribution in [2.24, 2.45) is 5.92 Å². The Morgan fingerprint density at radius 3 is 1.18 bits per heavy atom. The molecule has 0 atom stereocenters. The summed E-state index contributed by atoms with van der Waals surface area (Å²) in [4.78, 5) is 63.0. The predicted octanol–water partition coefficient (Wildman–Crippen LogP) is 3.92. The van der Waals surface area contributed by atoms with Gasteiger partial charge in [0.2, 0.25) is 5.91 Å². The van der Waals surface area contributed by atoms with Gasteiger partial charge >= 0.3 is 17.9 Å². The molecule has 1 aliphatic rings. The Morgan fingerprint density at radius 2 is 0.882 bits per heavy atom. The Bertz CT molecular complexity index is 1190. The first kappa shape index (κ1) is 44.1. The first-order chi connectivity index (χ1) is 23.6. The van der Waals surface area contributed by atoms with Crippen LogP contribution in [-0.2, 0) is 39.9 Å². The average Bonchev–Trinajstić information content (AvgIpc) is 2.95. The highest BCUT2D eigenvalue weighted by Crippen LogP contribution is 2.13. The Labute approximate surface area is 307 Å². The van der Waals surface area contributed by atoms with Crippen LogP contribution in [0.15, 0.2) is 30.3 Å². The van der Waals surface area contributed by atoms with E-state index < -0.39 is 16.8 Å². The fraction of sp³-hybridized carbons (Fsp3) is 0.744. The molecule has 12 heteroatoms. The fourth-order valence-electron chi connectivity index (χ4n) is 5.67. The van der Waals surface area contributed by atoms with Gasteiger partial charge in [-0.25, -0.2) is 0 Å². The van der Waals surface area contributed by atoms with E-state index in [1.807, 2.05) is 112 Å². The van der Waals surface area contributed by atoms with Crippen molar-refractivity contribution in [3.63, 3.8) is 0 Å². The molecule has 0 bridgehead atoms. The van der Waals surface area contributed by atoms with Crippen LogP contribution in [0, 0.1) is 5.92 Å². The fourth-order valence-corrected chi connectivity index (χ4v) is 5.67. The van der Waals surface area contributed by atoms with Crippen molar-refractivity contribution in [3.05, 3.63) is 35.9 Å². The lowest BCUT2D eigenvalue weighted by atomic mass is 10.1. The largest absolute Gasteiger partial charge is 0.459 e. The molecule has 1 aliphatic heterocycles. The normalized spacial score (nSPS) is 16.9. The number of rotatable bonds is 12. The zero-order chi connectivity index (χ0) is 38.4. The molecule has 0 unspecified atom stereocenters. The minimum absolute atomic E-state index is 0.0283. The van der Waals surface area contributed by atoms with E-state index in [4.69, 9.17) is 14.2 Å². The van der Waals surface area contributed by atoms with Crippen molar-refractivity contribution in [3.8, 4) is 0 Å². The smallest absolute Gasteiger partial charge is 0.320 e. The first-order valence-electron chi connectivity index (χ1n) is 18.4. The van der Waals surface area contributed by atoms with Crippen molar-refractivity contribution in [2.75, 3.05) is 85.1 Å². The number of hydrogen-bond donors (Lipinski definition) is 0. The van der Waals surface area contributed by atoms with Crippen molar-refractivity contribution < 1.29 is 33.4 Å². The summed E-state index contributed by atoms with van der Waals surface area (Å²) in [6.07, 6.45) is 0. The van der Waals surface area contributed by atoms with Crippen LogP contribution in [0.3, 0.4) is 0 Å². The van der Waals surface area contributed by atoms with E-state index in [2.05, 4.69) is 18.7 Å². The number of esters is 3. The van der Waals surface area contributed by atoms with Gasteiger partial charge in [-0.3, -0.25) is 38.8 Å². The van der Waals surface area contributed by atoms with E-state index in [9.17, 15) is 19.2 Å². The summed E-state index contributed by atoms with van der Waals surface area (Å²) < 4.78 is 17.0. The van der Waals surface area contributed by atoms with Crippen LogP contribution in [0.25, 0.3) is 0 Å². The van der Waals surface area contributed by atoms with Crippen LogP contribution in [0.2, 0.25) is 0 Å². The number of carbonyl (C=O) groups is 4. The Hall–Kier alpha value is -3.06. The summed E-state index contributed by atoms with van der Waals surface area (Å²) in [5.74, 6) is -0.671.